The normalized spacial score (nSPS) is 33.5. The van der Waals surface area contributed by atoms with Gasteiger partial charge in [-0.3, -0.25) is 0 Å². The van der Waals surface area contributed by atoms with Crippen LogP contribution in [0.1, 0.15) is 18.9 Å². The lowest BCUT2D eigenvalue weighted by Gasteiger charge is -2.34. The van der Waals surface area contributed by atoms with Crippen LogP contribution in [0.2, 0.25) is 0 Å². The second-order valence-corrected chi connectivity index (χ2v) is 6.29. The fraction of sp³-hybridized carbons (Fsp3) is 0.500. The molecule has 2 fully saturated rings. The molecule has 0 bridgehead atoms. The number of hydrogen-bond acceptors (Lipinski definition) is 4. The van der Waals surface area contributed by atoms with Crippen LogP contribution in [0.4, 0.5) is 4.79 Å². The first-order chi connectivity index (χ1) is 9.11. The molecule has 5 heteroatoms. The Bertz CT molecular complexity index is 476. The summed E-state index contributed by atoms with van der Waals surface area (Å²) < 4.78 is 11.1. The van der Waals surface area contributed by atoms with Crippen molar-refractivity contribution < 1.29 is 14.3 Å². The summed E-state index contributed by atoms with van der Waals surface area (Å²) in [6.07, 6.45) is 0.230. The zero-order valence-electron chi connectivity index (χ0n) is 11.0. The number of amides is 1. The second kappa shape index (κ2) is 5.06. The van der Waals surface area contributed by atoms with E-state index in [4.69, 9.17) is 9.47 Å². The molecule has 0 spiro atoms. The monoisotopic (exact) mass is 279 g/mol. The van der Waals surface area contributed by atoms with Crippen LogP contribution in [0.25, 0.3) is 0 Å². The summed E-state index contributed by atoms with van der Waals surface area (Å²) in [6, 6.07) is 8.46. The molecule has 19 heavy (non-hydrogen) atoms. The van der Waals surface area contributed by atoms with E-state index in [-0.39, 0.29) is 29.8 Å². The molecule has 4 nitrogen and oxygen atoms in total. The summed E-state index contributed by atoms with van der Waals surface area (Å²) in [5.41, 5.74) is 1.31. The molecule has 4 atom stereocenters. The van der Waals surface area contributed by atoms with Crippen LogP contribution in [0, 0.1) is 6.92 Å². The highest BCUT2D eigenvalue weighted by Crippen LogP contribution is 2.35. The highest BCUT2D eigenvalue weighted by molar-refractivity contribution is 7.99. The lowest BCUT2D eigenvalue weighted by molar-refractivity contribution is -0.0714. The molecule has 3 rings (SSSR count). The first-order valence-electron chi connectivity index (χ1n) is 6.48. The van der Waals surface area contributed by atoms with Crippen LogP contribution < -0.4 is 5.32 Å². The maximum Gasteiger partial charge on any atom is 0.407 e. The van der Waals surface area contributed by atoms with Gasteiger partial charge in [-0.2, -0.15) is 0 Å². The third-order valence-corrected chi connectivity index (χ3v) is 4.62. The van der Waals surface area contributed by atoms with E-state index < -0.39 is 0 Å². The zero-order chi connectivity index (χ0) is 13.4. The van der Waals surface area contributed by atoms with E-state index in [1.54, 1.807) is 11.8 Å². The quantitative estimate of drug-likeness (QED) is 0.904. The lowest BCUT2D eigenvalue weighted by Crippen LogP contribution is -2.47. The van der Waals surface area contributed by atoms with Crippen molar-refractivity contribution in [3.63, 3.8) is 0 Å². The molecule has 102 valence electrons. The summed E-state index contributed by atoms with van der Waals surface area (Å²) in [5, 5.41) is 2.86. The highest BCUT2D eigenvalue weighted by Gasteiger charge is 2.44. The van der Waals surface area contributed by atoms with Gasteiger partial charge in [0.05, 0.1) is 12.1 Å². The summed E-state index contributed by atoms with van der Waals surface area (Å²) in [6.45, 7) is 4.03. The van der Waals surface area contributed by atoms with Gasteiger partial charge in [-0.05, 0) is 26.0 Å². The van der Waals surface area contributed by atoms with Gasteiger partial charge in [0, 0.05) is 11.3 Å². The predicted octanol–water partition coefficient (Wildman–Crippen LogP) is 2.70. The van der Waals surface area contributed by atoms with Crippen LogP contribution in [0.3, 0.4) is 0 Å². The second-order valence-electron chi connectivity index (χ2n) is 5.06. The van der Waals surface area contributed by atoms with E-state index in [0.29, 0.717) is 0 Å². The van der Waals surface area contributed by atoms with E-state index in [2.05, 4.69) is 36.5 Å². The third-order valence-electron chi connectivity index (χ3n) is 3.51. The fourth-order valence-corrected chi connectivity index (χ4v) is 3.64. The van der Waals surface area contributed by atoms with Crippen molar-refractivity contribution in [1.82, 2.24) is 5.32 Å². The minimum Gasteiger partial charge on any atom is -0.441 e. The Morgan fingerprint density at radius 2 is 2.05 bits per heavy atom. The Balaban J connectivity index is 1.66. The standard InChI is InChI=1S/C14H17NO3S/c1-8-3-5-10(6-4-8)19-12-7-11-13(9(2)17-12)18-14(16)15-11/h3-6,9,11-13H,7H2,1-2H3,(H,15,16)/t9-,11+,12-,13-/m0/s1. The molecule has 1 aromatic rings. The molecule has 1 N–H and O–H groups in total. The smallest absolute Gasteiger partial charge is 0.407 e. The van der Waals surface area contributed by atoms with Gasteiger partial charge in [-0.1, -0.05) is 29.5 Å². The van der Waals surface area contributed by atoms with Crippen molar-refractivity contribution in [2.45, 2.75) is 48.8 Å². The SMILES string of the molecule is Cc1ccc(S[C@H]2C[C@H]3NC(=O)O[C@H]3[C@H](C)O2)cc1. The van der Waals surface area contributed by atoms with Gasteiger partial charge in [0.15, 0.2) is 0 Å². The van der Waals surface area contributed by atoms with Crippen molar-refractivity contribution in [2.75, 3.05) is 0 Å². The van der Waals surface area contributed by atoms with Crippen molar-refractivity contribution >= 4 is 17.9 Å². The number of benzene rings is 1. The van der Waals surface area contributed by atoms with E-state index in [9.17, 15) is 4.79 Å². The van der Waals surface area contributed by atoms with E-state index in [0.717, 1.165) is 6.42 Å². The van der Waals surface area contributed by atoms with Crippen molar-refractivity contribution in [3.05, 3.63) is 29.8 Å². The van der Waals surface area contributed by atoms with Gasteiger partial charge in [-0.15, -0.1) is 0 Å². The van der Waals surface area contributed by atoms with Crippen molar-refractivity contribution in [2.24, 2.45) is 0 Å². The minimum atomic E-state index is -0.327. The van der Waals surface area contributed by atoms with Crippen LogP contribution in [0.5, 0.6) is 0 Å². The molecule has 2 aliphatic rings. The number of carbonyl (C=O) groups excluding carboxylic acids is 1. The van der Waals surface area contributed by atoms with E-state index in [1.165, 1.54) is 10.5 Å². The van der Waals surface area contributed by atoms with E-state index in [1.807, 2.05) is 6.92 Å². The number of rotatable bonds is 2. The first kappa shape index (κ1) is 12.8. The van der Waals surface area contributed by atoms with Crippen LogP contribution >= 0.6 is 11.8 Å². The molecule has 2 aliphatic heterocycles. The van der Waals surface area contributed by atoms with Crippen LogP contribution in [-0.4, -0.2) is 29.8 Å². The summed E-state index contributed by atoms with van der Waals surface area (Å²) in [4.78, 5) is 12.4. The average molecular weight is 279 g/mol. The van der Waals surface area contributed by atoms with Crippen molar-refractivity contribution in [1.29, 1.82) is 0 Å². The number of aryl methyl sites for hydroxylation is 1. The summed E-state index contributed by atoms with van der Waals surface area (Å²) in [7, 11) is 0. The van der Waals surface area contributed by atoms with Crippen LogP contribution in [0.15, 0.2) is 29.2 Å². The Hall–Kier alpha value is -1.20. The number of alkyl carbamates (subject to hydrolysis) is 1. The van der Waals surface area contributed by atoms with Gasteiger partial charge < -0.3 is 14.8 Å². The highest BCUT2D eigenvalue weighted by atomic mass is 32.2. The predicted molar refractivity (Wildman–Crippen MR) is 73.2 cm³/mol. The first-order valence-corrected chi connectivity index (χ1v) is 7.36. The van der Waals surface area contributed by atoms with Gasteiger partial charge in [0.2, 0.25) is 0 Å². The average Bonchev–Trinajstić information content (AvgIpc) is 2.73. The van der Waals surface area contributed by atoms with Crippen molar-refractivity contribution in [3.8, 4) is 0 Å². The maximum atomic E-state index is 11.3. The number of ether oxygens (including phenoxy) is 2. The number of thioether (sulfide) groups is 1. The Morgan fingerprint density at radius 1 is 1.32 bits per heavy atom. The zero-order valence-corrected chi connectivity index (χ0v) is 11.8. The molecule has 1 amide bonds. The number of carbonyl (C=O) groups is 1. The minimum absolute atomic E-state index is 0.0564. The molecular weight excluding hydrogens is 262 g/mol. The molecule has 0 aliphatic carbocycles. The molecule has 2 saturated heterocycles. The molecule has 0 saturated carbocycles. The molecule has 0 radical (unpaired) electrons. The number of hydrogen-bond donors (Lipinski definition) is 1. The Labute approximate surface area is 116 Å². The van der Waals surface area contributed by atoms with Gasteiger partial charge in [0.1, 0.15) is 11.5 Å². The van der Waals surface area contributed by atoms with Gasteiger partial charge >= 0.3 is 6.09 Å². The number of nitrogens with one attached hydrogen (secondary N) is 1. The fourth-order valence-electron chi connectivity index (χ4n) is 2.51. The Morgan fingerprint density at radius 3 is 2.79 bits per heavy atom. The lowest BCUT2D eigenvalue weighted by atomic mass is 10.0. The van der Waals surface area contributed by atoms with Gasteiger partial charge in [-0.25, -0.2) is 4.79 Å². The maximum absolute atomic E-state index is 11.3. The molecular formula is C14H17NO3S. The van der Waals surface area contributed by atoms with E-state index >= 15 is 0 Å². The van der Waals surface area contributed by atoms with Gasteiger partial charge in [0.25, 0.3) is 0 Å². The molecule has 0 aromatic heterocycles. The molecule has 1 aromatic carbocycles. The third kappa shape index (κ3) is 2.72. The summed E-state index contributed by atoms with van der Waals surface area (Å²) >= 11 is 1.70. The number of fused-ring (bicyclic) bond motifs is 1. The topological polar surface area (TPSA) is 47.6 Å². The largest absolute Gasteiger partial charge is 0.441 e. The molecule has 0 unspecified atom stereocenters. The summed E-state index contributed by atoms with van der Waals surface area (Å²) in [5.74, 6) is 0. The Kier molecular flexibility index (Phi) is 3.41. The van der Waals surface area contributed by atoms with Crippen LogP contribution in [-0.2, 0) is 9.47 Å². The molecule has 2 heterocycles.